The highest BCUT2D eigenvalue weighted by Crippen LogP contribution is 2.33. The lowest BCUT2D eigenvalue weighted by atomic mass is 10.2. The highest BCUT2D eigenvalue weighted by Gasteiger charge is 2.23. The van der Waals surface area contributed by atoms with Crippen molar-refractivity contribution >= 4 is 0 Å². The first kappa shape index (κ1) is 20.4. The van der Waals surface area contributed by atoms with Crippen LogP contribution in [0.3, 0.4) is 0 Å². The summed E-state index contributed by atoms with van der Waals surface area (Å²) in [6, 6.07) is 0. The molecule has 6 nitrogen and oxygen atoms in total. The van der Waals surface area contributed by atoms with Crippen LogP contribution in [0.4, 0.5) is 0 Å². The summed E-state index contributed by atoms with van der Waals surface area (Å²) in [5.74, 6) is 0.998. The zero-order valence-corrected chi connectivity index (χ0v) is 14.9. The van der Waals surface area contributed by atoms with Crippen molar-refractivity contribution in [3.63, 3.8) is 0 Å². The number of ether oxygens (including phenoxy) is 5. The van der Waals surface area contributed by atoms with Crippen LogP contribution in [0, 0.1) is 0 Å². The molecule has 0 spiro atoms. The molecule has 6 heteroatoms. The van der Waals surface area contributed by atoms with Gasteiger partial charge in [-0.15, -0.1) is 0 Å². The van der Waals surface area contributed by atoms with Gasteiger partial charge in [0.05, 0.1) is 46.2 Å². The molecule has 1 fully saturated rings. The Morgan fingerprint density at radius 2 is 1.30 bits per heavy atom. The molecular formula is C17H33NO5. The van der Waals surface area contributed by atoms with Gasteiger partial charge in [0.25, 0.3) is 0 Å². The van der Waals surface area contributed by atoms with E-state index in [1.165, 1.54) is 5.57 Å². The molecule has 1 rings (SSSR count). The van der Waals surface area contributed by atoms with Gasteiger partial charge in [-0.25, -0.2) is 0 Å². The summed E-state index contributed by atoms with van der Waals surface area (Å²) in [7, 11) is 0. The second-order valence-corrected chi connectivity index (χ2v) is 6.42. The molecule has 0 amide bonds. The number of rotatable bonds is 14. The molecule has 1 saturated carbocycles. The maximum atomic E-state index is 5.94. The monoisotopic (exact) mass is 331 g/mol. The summed E-state index contributed by atoms with van der Waals surface area (Å²) in [6.07, 6.45) is 2.27. The lowest BCUT2D eigenvalue weighted by Crippen LogP contribution is -2.21. The van der Waals surface area contributed by atoms with E-state index < -0.39 is 0 Å². The summed E-state index contributed by atoms with van der Waals surface area (Å²) in [4.78, 5) is 0. The molecule has 1 aliphatic rings. The Morgan fingerprint density at radius 1 is 0.826 bits per heavy atom. The first-order valence-electron chi connectivity index (χ1n) is 8.44. The van der Waals surface area contributed by atoms with E-state index in [4.69, 9.17) is 29.4 Å². The van der Waals surface area contributed by atoms with E-state index >= 15 is 0 Å². The first-order chi connectivity index (χ1) is 11.0. The maximum absolute atomic E-state index is 5.94. The van der Waals surface area contributed by atoms with Crippen LogP contribution in [0.1, 0.15) is 33.6 Å². The van der Waals surface area contributed by atoms with Crippen molar-refractivity contribution in [3.05, 3.63) is 11.3 Å². The molecule has 0 aromatic rings. The van der Waals surface area contributed by atoms with Gasteiger partial charge in [0.15, 0.2) is 0 Å². The van der Waals surface area contributed by atoms with Gasteiger partial charge in [-0.05, 0) is 39.2 Å². The Bertz CT molecular complexity index is 332. The van der Waals surface area contributed by atoms with Crippen molar-refractivity contribution in [1.29, 1.82) is 0 Å². The van der Waals surface area contributed by atoms with Crippen molar-refractivity contribution in [2.45, 2.75) is 39.2 Å². The SMILES string of the molecule is CC(C)(C)OC(COCCOCCOCCOCCN)=C1CC1. The van der Waals surface area contributed by atoms with Crippen LogP contribution < -0.4 is 5.73 Å². The molecule has 0 radical (unpaired) electrons. The molecule has 0 saturated heterocycles. The summed E-state index contributed by atoms with van der Waals surface area (Å²) >= 11 is 0. The van der Waals surface area contributed by atoms with Crippen molar-refractivity contribution < 1.29 is 23.7 Å². The Balaban J connectivity index is 1.90. The van der Waals surface area contributed by atoms with Crippen LogP contribution in [0.2, 0.25) is 0 Å². The standard InChI is InChI=1S/C17H33NO5/c1-17(2,3)23-16(15-4-5-15)14-22-13-12-21-11-10-20-9-8-19-7-6-18/h4-14,18H2,1-3H3. The molecule has 1 aliphatic carbocycles. The Hall–Kier alpha value is -0.660. The molecule has 0 bridgehead atoms. The summed E-state index contributed by atoms with van der Waals surface area (Å²) in [5, 5.41) is 0. The topological polar surface area (TPSA) is 72.2 Å². The molecule has 136 valence electrons. The highest BCUT2D eigenvalue weighted by molar-refractivity contribution is 5.22. The smallest absolute Gasteiger partial charge is 0.122 e. The molecule has 0 atom stereocenters. The fourth-order valence-corrected chi connectivity index (χ4v) is 1.82. The number of hydrogen-bond donors (Lipinski definition) is 1. The van der Waals surface area contributed by atoms with E-state index in [9.17, 15) is 0 Å². The lowest BCUT2D eigenvalue weighted by molar-refractivity contribution is -0.0132. The highest BCUT2D eigenvalue weighted by atomic mass is 16.6. The van der Waals surface area contributed by atoms with Gasteiger partial charge in [0.2, 0.25) is 0 Å². The zero-order valence-electron chi connectivity index (χ0n) is 14.9. The lowest BCUT2D eigenvalue weighted by Gasteiger charge is -2.23. The fourth-order valence-electron chi connectivity index (χ4n) is 1.82. The Labute approximate surface area is 140 Å². The predicted octanol–water partition coefficient (Wildman–Crippen LogP) is 1.87. The summed E-state index contributed by atoms with van der Waals surface area (Å²) in [5.41, 5.74) is 6.52. The van der Waals surface area contributed by atoms with Crippen LogP contribution in [0.15, 0.2) is 11.3 Å². The summed E-state index contributed by atoms with van der Waals surface area (Å²) in [6.45, 7) is 11.2. The quantitative estimate of drug-likeness (QED) is 0.387. The largest absolute Gasteiger partial charge is 0.490 e. The average Bonchev–Trinajstić information content (AvgIpc) is 3.30. The van der Waals surface area contributed by atoms with Gasteiger partial charge in [-0.1, -0.05) is 0 Å². The molecule has 0 aromatic heterocycles. The Kier molecular flexibility index (Phi) is 10.5. The van der Waals surface area contributed by atoms with Crippen LogP contribution in [-0.4, -0.2) is 65.0 Å². The second-order valence-electron chi connectivity index (χ2n) is 6.42. The molecular weight excluding hydrogens is 298 g/mol. The third kappa shape index (κ3) is 12.4. The summed E-state index contributed by atoms with van der Waals surface area (Å²) < 4.78 is 27.6. The van der Waals surface area contributed by atoms with Crippen molar-refractivity contribution in [2.24, 2.45) is 5.73 Å². The van der Waals surface area contributed by atoms with E-state index in [1.807, 2.05) is 0 Å². The molecule has 2 N–H and O–H groups in total. The van der Waals surface area contributed by atoms with E-state index in [-0.39, 0.29) is 5.60 Å². The van der Waals surface area contributed by atoms with Crippen LogP contribution >= 0.6 is 0 Å². The fraction of sp³-hybridized carbons (Fsp3) is 0.882. The predicted molar refractivity (Wildman–Crippen MR) is 89.4 cm³/mol. The molecule has 0 aromatic carbocycles. The minimum absolute atomic E-state index is 0.171. The first-order valence-corrected chi connectivity index (χ1v) is 8.44. The number of nitrogens with two attached hydrogens (primary N) is 1. The second kappa shape index (κ2) is 11.8. The molecule has 0 heterocycles. The van der Waals surface area contributed by atoms with E-state index in [1.54, 1.807) is 0 Å². The minimum atomic E-state index is -0.171. The average molecular weight is 331 g/mol. The van der Waals surface area contributed by atoms with E-state index in [0.717, 1.165) is 18.6 Å². The van der Waals surface area contributed by atoms with Gasteiger partial charge in [0, 0.05) is 6.54 Å². The third-order valence-electron chi connectivity index (χ3n) is 2.94. The van der Waals surface area contributed by atoms with Crippen LogP contribution in [-0.2, 0) is 23.7 Å². The molecule has 0 unspecified atom stereocenters. The minimum Gasteiger partial charge on any atom is -0.490 e. The van der Waals surface area contributed by atoms with E-state index in [2.05, 4.69) is 20.8 Å². The van der Waals surface area contributed by atoms with Crippen LogP contribution in [0.25, 0.3) is 0 Å². The Morgan fingerprint density at radius 3 is 1.74 bits per heavy atom. The van der Waals surface area contributed by atoms with Gasteiger partial charge in [0.1, 0.15) is 18.0 Å². The van der Waals surface area contributed by atoms with Crippen molar-refractivity contribution in [3.8, 4) is 0 Å². The van der Waals surface area contributed by atoms with Gasteiger partial charge < -0.3 is 29.4 Å². The number of hydrogen-bond acceptors (Lipinski definition) is 6. The zero-order chi connectivity index (χ0) is 17.0. The van der Waals surface area contributed by atoms with Gasteiger partial charge >= 0.3 is 0 Å². The maximum Gasteiger partial charge on any atom is 0.122 e. The van der Waals surface area contributed by atoms with Crippen molar-refractivity contribution in [1.82, 2.24) is 0 Å². The van der Waals surface area contributed by atoms with Gasteiger partial charge in [-0.2, -0.15) is 0 Å². The molecule has 23 heavy (non-hydrogen) atoms. The molecule has 0 aliphatic heterocycles. The normalized spacial score (nSPS) is 14.2. The van der Waals surface area contributed by atoms with Gasteiger partial charge in [-0.3, -0.25) is 0 Å². The van der Waals surface area contributed by atoms with Crippen molar-refractivity contribution in [2.75, 3.05) is 59.4 Å². The third-order valence-corrected chi connectivity index (χ3v) is 2.94. The number of allylic oxidation sites excluding steroid dienone is 1. The van der Waals surface area contributed by atoms with E-state index in [0.29, 0.717) is 59.4 Å². The van der Waals surface area contributed by atoms with Crippen LogP contribution in [0.5, 0.6) is 0 Å².